The summed E-state index contributed by atoms with van der Waals surface area (Å²) in [6.07, 6.45) is 0. The number of esters is 2. The van der Waals surface area contributed by atoms with Crippen LogP contribution in [0.3, 0.4) is 0 Å². The summed E-state index contributed by atoms with van der Waals surface area (Å²) in [5.41, 5.74) is 0.0591. The predicted molar refractivity (Wildman–Crippen MR) is 181 cm³/mol. The van der Waals surface area contributed by atoms with Crippen molar-refractivity contribution in [3.8, 4) is 33.8 Å². The lowest BCUT2D eigenvalue weighted by molar-refractivity contribution is -0.608. The summed E-state index contributed by atoms with van der Waals surface area (Å²) in [6.45, 7) is 1.06. The first kappa shape index (κ1) is 31.8. The molecule has 2 aliphatic carbocycles. The summed E-state index contributed by atoms with van der Waals surface area (Å²) in [6, 6.07) is 33.3. The molecule has 11 nitrogen and oxygen atoms in total. The molecule has 254 valence electrons. The van der Waals surface area contributed by atoms with Gasteiger partial charge < -0.3 is 23.7 Å². The van der Waals surface area contributed by atoms with Gasteiger partial charge in [0.25, 0.3) is 6.47 Å². The molecule has 0 saturated carbocycles. The molecule has 0 bridgehead atoms. The first-order valence-electron chi connectivity index (χ1n) is 16.2. The van der Waals surface area contributed by atoms with Crippen molar-refractivity contribution in [3.63, 3.8) is 0 Å². The van der Waals surface area contributed by atoms with Gasteiger partial charge in [0.05, 0.1) is 10.8 Å². The fraction of sp³-hybridized carbons (Fsp3) is 0.175. The number of nitrogens with zero attached hydrogens (tertiary/aromatic N) is 1. The molecule has 0 amide bonds. The van der Waals surface area contributed by atoms with Crippen molar-refractivity contribution in [3.05, 3.63) is 153 Å². The number of nitro groups is 1. The smallest absolute Gasteiger partial charge is 0.454 e. The largest absolute Gasteiger partial charge is 0.473 e. The molecule has 1 aliphatic heterocycles. The van der Waals surface area contributed by atoms with Crippen LogP contribution in [0.4, 0.5) is 0 Å². The van der Waals surface area contributed by atoms with Crippen molar-refractivity contribution >= 4 is 18.4 Å². The first-order chi connectivity index (χ1) is 24.8. The Balaban J connectivity index is 1.26. The third-order valence-electron chi connectivity index (χ3n) is 9.93. The second kappa shape index (κ2) is 12.1. The van der Waals surface area contributed by atoms with E-state index in [0.717, 1.165) is 11.1 Å². The van der Waals surface area contributed by atoms with Crippen LogP contribution >= 0.6 is 0 Å². The average Bonchev–Trinajstić information content (AvgIpc) is 3.85. The maximum Gasteiger partial charge on any atom is 0.473 e. The lowest BCUT2D eigenvalue weighted by Crippen LogP contribution is -2.59. The molecular formula is C40H29NO10. The van der Waals surface area contributed by atoms with E-state index in [2.05, 4.69) is 0 Å². The Morgan fingerprint density at radius 1 is 0.745 bits per heavy atom. The predicted octanol–water partition coefficient (Wildman–Crippen LogP) is 6.53. The molecule has 0 saturated heterocycles. The maximum absolute atomic E-state index is 14.8. The van der Waals surface area contributed by atoms with Gasteiger partial charge in [0.1, 0.15) is 12.5 Å². The molecule has 51 heavy (non-hydrogen) atoms. The summed E-state index contributed by atoms with van der Waals surface area (Å²) >= 11 is 0. The van der Waals surface area contributed by atoms with Gasteiger partial charge in [-0.2, -0.15) is 0 Å². The number of fused-ring (bicyclic) bond motifs is 7. The van der Waals surface area contributed by atoms with Crippen LogP contribution in [0.25, 0.3) is 22.3 Å². The monoisotopic (exact) mass is 683 g/mol. The minimum absolute atomic E-state index is 0.0248. The van der Waals surface area contributed by atoms with Crippen molar-refractivity contribution < 1.29 is 43.0 Å². The van der Waals surface area contributed by atoms with Crippen molar-refractivity contribution in [2.45, 2.75) is 36.7 Å². The van der Waals surface area contributed by atoms with Crippen LogP contribution in [0.15, 0.2) is 115 Å². The van der Waals surface area contributed by atoms with E-state index in [1.807, 2.05) is 24.3 Å². The van der Waals surface area contributed by atoms with Gasteiger partial charge in [-0.25, -0.2) is 9.59 Å². The Labute approximate surface area is 291 Å². The zero-order valence-corrected chi connectivity index (χ0v) is 27.1. The highest BCUT2D eigenvalue weighted by molar-refractivity contribution is 5.93. The molecule has 5 aromatic carbocycles. The Morgan fingerprint density at radius 3 is 1.75 bits per heavy atom. The normalized spacial score (nSPS) is 16.0. The molecule has 2 atom stereocenters. The van der Waals surface area contributed by atoms with Crippen LogP contribution < -0.4 is 9.47 Å². The molecule has 0 spiro atoms. The molecule has 11 heteroatoms. The second-order valence-corrected chi connectivity index (χ2v) is 12.6. The summed E-state index contributed by atoms with van der Waals surface area (Å²) in [5.74, 6) is -4.16. The summed E-state index contributed by atoms with van der Waals surface area (Å²) in [4.78, 5) is 54.3. The fourth-order valence-electron chi connectivity index (χ4n) is 7.62. The molecule has 2 unspecified atom stereocenters. The van der Waals surface area contributed by atoms with E-state index in [1.54, 1.807) is 91.0 Å². The van der Waals surface area contributed by atoms with Crippen molar-refractivity contribution in [1.82, 2.24) is 0 Å². The third kappa shape index (κ3) is 4.84. The van der Waals surface area contributed by atoms with Gasteiger partial charge in [0.2, 0.25) is 12.4 Å². The molecule has 3 aliphatic rings. The molecule has 0 radical (unpaired) electrons. The Hall–Kier alpha value is -6.49. The van der Waals surface area contributed by atoms with E-state index in [-0.39, 0.29) is 13.3 Å². The second-order valence-electron chi connectivity index (χ2n) is 12.6. The van der Waals surface area contributed by atoms with Crippen molar-refractivity contribution in [2.75, 3.05) is 6.79 Å². The lowest BCUT2D eigenvalue weighted by Gasteiger charge is -2.36. The van der Waals surface area contributed by atoms with Gasteiger partial charge in [-0.05, 0) is 69.1 Å². The van der Waals surface area contributed by atoms with Crippen LogP contribution in [0.2, 0.25) is 0 Å². The van der Waals surface area contributed by atoms with Crippen molar-refractivity contribution in [2.24, 2.45) is 0 Å². The lowest BCUT2D eigenvalue weighted by atomic mass is 9.80. The number of hydrogen-bond acceptors (Lipinski definition) is 10. The molecule has 0 aromatic heterocycles. The number of ether oxygens (including phenoxy) is 5. The highest BCUT2D eigenvalue weighted by atomic mass is 16.7. The fourth-order valence-corrected chi connectivity index (χ4v) is 7.62. The molecule has 0 fully saturated rings. The van der Waals surface area contributed by atoms with E-state index < -0.39 is 46.6 Å². The topological polar surface area (TPSA) is 141 Å². The summed E-state index contributed by atoms with van der Waals surface area (Å²) in [7, 11) is 0. The summed E-state index contributed by atoms with van der Waals surface area (Å²) in [5, 5.41) is 13.7. The zero-order valence-electron chi connectivity index (χ0n) is 27.1. The van der Waals surface area contributed by atoms with E-state index >= 15 is 0 Å². The molecule has 0 N–H and O–H groups in total. The summed E-state index contributed by atoms with van der Waals surface area (Å²) < 4.78 is 28.2. The van der Waals surface area contributed by atoms with Crippen LogP contribution in [-0.2, 0) is 35.2 Å². The number of carbonyl (C=O) groups is 3. The minimum atomic E-state index is -3.17. The standard InChI is InChI=1S/C40H29NO10/c1-39(50-22-42,35-29-14-6-2-10-25(29)26-11-3-7-15-30(26)35)37(43)51-40(41(45)46,38(44)47-21-24-18-19-33-34(20-24)49-23-48-33)36-31-16-8-4-12-27(31)28-13-5-9-17-32(28)36/h2-20,22,35-36H,21,23H2,1H3. The number of carbonyl (C=O) groups excluding carboxylic acids is 3. The third-order valence-corrected chi connectivity index (χ3v) is 9.93. The highest BCUT2D eigenvalue weighted by Gasteiger charge is 2.68. The van der Waals surface area contributed by atoms with E-state index in [1.165, 1.54) is 6.92 Å². The van der Waals surface area contributed by atoms with Crippen LogP contribution in [0, 0.1) is 10.1 Å². The number of rotatable bonds is 10. The molecule has 1 heterocycles. The van der Waals surface area contributed by atoms with E-state index in [9.17, 15) is 24.5 Å². The van der Waals surface area contributed by atoms with Gasteiger partial charge in [-0.3, -0.25) is 14.9 Å². The Kier molecular flexibility index (Phi) is 7.55. The Bertz CT molecular complexity index is 2160. The van der Waals surface area contributed by atoms with Crippen LogP contribution in [-0.4, -0.2) is 41.5 Å². The van der Waals surface area contributed by atoms with Gasteiger partial charge in [-0.1, -0.05) is 103 Å². The van der Waals surface area contributed by atoms with Crippen LogP contribution in [0.5, 0.6) is 11.5 Å². The van der Waals surface area contributed by atoms with E-state index in [0.29, 0.717) is 50.4 Å². The number of benzene rings is 5. The quantitative estimate of drug-likeness (QED) is 0.0398. The van der Waals surface area contributed by atoms with Crippen LogP contribution in [0.1, 0.15) is 46.6 Å². The SMILES string of the molecule is CC(OC=O)(C(=O)OC(C(=O)OCc1ccc2c(c1)OCO2)(C1c2ccccc2-c2ccccc21)[N+](=O)[O-])C1c2ccccc2-c2ccccc21. The van der Waals surface area contributed by atoms with E-state index in [4.69, 9.17) is 23.7 Å². The average molecular weight is 684 g/mol. The highest BCUT2D eigenvalue weighted by Crippen LogP contribution is 2.54. The number of hydrogen-bond donors (Lipinski definition) is 0. The maximum atomic E-state index is 14.8. The van der Waals surface area contributed by atoms with Gasteiger partial charge in [-0.15, -0.1) is 0 Å². The first-order valence-corrected chi connectivity index (χ1v) is 16.2. The van der Waals surface area contributed by atoms with Gasteiger partial charge in [0.15, 0.2) is 11.5 Å². The molecule has 5 aromatic rings. The van der Waals surface area contributed by atoms with Gasteiger partial charge >= 0.3 is 17.7 Å². The molecule has 8 rings (SSSR count). The molecular weight excluding hydrogens is 654 g/mol. The van der Waals surface area contributed by atoms with Gasteiger partial charge in [0, 0.05) is 0 Å². The minimum Gasteiger partial charge on any atom is -0.454 e. The zero-order chi connectivity index (χ0) is 35.3. The Morgan fingerprint density at radius 2 is 1.24 bits per heavy atom. The van der Waals surface area contributed by atoms with Crippen molar-refractivity contribution in [1.29, 1.82) is 0 Å².